The van der Waals surface area contributed by atoms with E-state index < -0.39 is 5.97 Å². The maximum absolute atomic E-state index is 12.1. The van der Waals surface area contributed by atoms with Gasteiger partial charge in [0, 0.05) is 24.3 Å². The molecule has 2 atom stereocenters. The second-order valence-electron chi connectivity index (χ2n) is 6.77. The summed E-state index contributed by atoms with van der Waals surface area (Å²) < 4.78 is 0. The smallest absolute Gasteiger partial charge is 0.303 e. The predicted octanol–water partition coefficient (Wildman–Crippen LogP) is 4.53. The van der Waals surface area contributed by atoms with Crippen LogP contribution in [-0.2, 0) is 9.59 Å². The molecule has 1 N–H and O–H groups in total. The summed E-state index contributed by atoms with van der Waals surface area (Å²) in [7, 11) is 0. The summed E-state index contributed by atoms with van der Waals surface area (Å²) in [5.41, 5.74) is 1.70. The van der Waals surface area contributed by atoms with Crippen LogP contribution in [0.2, 0.25) is 0 Å². The standard InChI is InChI=1S/C21H26O4/c22-15-17-9-7-16(8-10-17)11-12-18-13-14-20(23)19(18)5-3-1-2-4-6-21(24)25/h7-12,15,18-19H,1-6,13-14H2,(H,24,25). The van der Waals surface area contributed by atoms with E-state index >= 15 is 0 Å². The Morgan fingerprint density at radius 3 is 2.44 bits per heavy atom. The molecule has 0 saturated heterocycles. The number of carboxylic acid groups (broad SMARTS) is 1. The quantitative estimate of drug-likeness (QED) is 0.501. The molecule has 0 radical (unpaired) electrons. The summed E-state index contributed by atoms with van der Waals surface area (Å²) in [6, 6.07) is 7.41. The van der Waals surface area contributed by atoms with Crippen molar-refractivity contribution in [2.24, 2.45) is 11.8 Å². The van der Waals surface area contributed by atoms with E-state index in [0.29, 0.717) is 24.2 Å². The van der Waals surface area contributed by atoms with Gasteiger partial charge < -0.3 is 5.11 Å². The summed E-state index contributed by atoms with van der Waals surface area (Å²) in [6.45, 7) is 0. The molecule has 1 aromatic carbocycles. The van der Waals surface area contributed by atoms with Crippen LogP contribution in [0, 0.1) is 11.8 Å². The fraction of sp³-hybridized carbons (Fsp3) is 0.476. The maximum Gasteiger partial charge on any atom is 0.303 e. The zero-order chi connectivity index (χ0) is 18.1. The number of hydrogen-bond acceptors (Lipinski definition) is 3. The second-order valence-corrected chi connectivity index (χ2v) is 6.77. The van der Waals surface area contributed by atoms with E-state index in [-0.39, 0.29) is 18.3 Å². The molecule has 1 fully saturated rings. The predicted molar refractivity (Wildman–Crippen MR) is 97.4 cm³/mol. The molecule has 2 unspecified atom stereocenters. The molecule has 0 heterocycles. The summed E-state index contributed by atoms with van der Waals surface area (Å²) in [4.78, 5) is 33.3. The first-order chi connectivity index (χ1) is 12.1. The minimum Gasteiger partial charge on any atom is -0.481 e. The average Bonchev–Trinajstić information content (AvgIpc) is 2.96. The van der Waals surface area contributed by atoms with E-state index in [1.54, 1.807) is 12.1 Å². The minimum absolute atomic E-state index is 0.102. The van der Waals surface area contributed by atoms with Gasteiger partial charge in [0.1, 0.15) is 12.1 Å². The Morgan fingerprint density at radius 2 is 1.76 bits per heavy atom. The molecule has 0 amide bonds. The van der Waals surface area contributed by atoms with Crippen molar-refractivity contribution in [1.29, 1.82) is 0 Å². The molecule has 2 rings (SSSR count). The molecule has 25 heavy (non-hydrogen) atoms. The number of benzene rings is 1. The number of ketones is 1. The Balaban J connectivity index is 1.80. The van der Waals surface area contributed by atoms with Gasteiger partial charge in [0.15, 0.2) is 0 Å². The first kappa shape index (κ1) is 19.1. The van der Waals surface area contributed by atoms with Crippen molar-refractivity contribution < 1.29 is 19.5 Å². The number of hydrogen-bond donors (Lipinski definition) is 1. The minimum atomic E-state index is -0.739. The number of carbonyl (C=O) groups is 3. The lowest BCUT2D eigenvalue weighted by Gasteiger charge is -2.14. The molecule has 0 spiro atoms. The lowest BCUT2D eigenvalue weighted by Crippen LogP contribution is -2.13. The third-order valence-corrected chi connectivity index (χ3v) is 4.92. The number of Topliss-reactive ketones (excluding diaryl/α,β-unsaturated/α-hetero) is 1. The highest BCUT2D eigenvalue weighted by molar-refractivity contribution is 5.84. The lowest BCUT2D eigenvalue weighted by molar-refractivity contribution is -0.137. The van der Waals surface area contributed by atoms with Crippen molar-refractivity contribution in [3.8, 4) is 0 Å². The van der Waals surface area contributed by atoms with Crippen LogP contribution in [0.1, 0.15) is 67.3 Å². The molecule has 1 aliphatic carbocycles. The molecule has 1 aromatic rings. The van der Waals surface area contributed by atoms with Crippen molar-refractivity contribution in [2.75, 3.05) is 0 Å². The number of rotatable bonds is 10. The normalized spacial score (nSPS) is 20.2. The number of aliphatic carboxylic acids is 1. The Bertz CT molecular complexity index is 615. The first-order valence-corrected chi connectivity index (χ1v) is 9.08. The van der Waals surface area contributed by atoms with Gasteiger partial charge in [0.05, 0.1) is 0 Å². The number of allylic oxidation sites excluding steroid dienone is 1. The van der Waals surface area contributed by atoms with Crippen LogP contribution in [0.4, 0.5) is 0 Å². The van der Waals surface area contributed by atoms with E-state index in [4.69, 9.17) is 5.11 Å². The number of carbonyl (C=O) groups excluding carboxylic acids is 2. The number of unbranched alkanes of at least 4 members (excludes halogenated alkanes) is 3. The van der Waals surface area contributed by atoms with Crippen LogP contribution >= 0.6 is 0 Å². The molecule has 0 aliphatic heterocycles. The van der Waals surface area contributed by atoms with Crippen molar-refractivity contribution >= 4 is 24.1 Å². The molecule has 4 nitrogen and oxygen atoms in total. The number of aldehydes is 1. The molecule has 0 bridgehead atoms. The zero-order valence-corrected chi connectivity index (χ0v) is 14.5. The van der Waals surface area contributed by atoms with Gasteiger partial charge in [-0.2, -0.15) is 0 Å². The van der Waals surface area contributed by atoms with Crippen molar-refractivity contribution in [2.45, 2.75) is 51.4 Å². The Morgan fingerprint density at radius 1 is 1.08 bits per heavy atom. The van der Waals surface area contributed by atoms with Crippen LogP contribution in [-0.4, -0.2) is 23.1 Å². The summed E-state index contributed by atoms with van der Waals surface area (Å²) in [5, 5.41) is 8.62. The monoisotopic (exact) mass is 342 g/mol. The second kappa shape index (κ2) is 9.92. The van der Waals surface area contributed by atoms with Crippen molar-refractivity contribution in [1.82, 2.24) is 0 Å². The summed E-state index contributed by atoms with van der Waals surface area (Å²) in [5.74, 6) is 0.0103. The van der Waals surface area contributed by atoms with E-state index in [1.165, 1.54) is 0 Å². The Kier molecular flexibility index (Phi) is 7.58. The van der Waals surface area contributed by atoms with Gasteiger partial charge in [-0.1, -0.05) is 55.7 Å². The fourth-order valence-corrected chi connectivity index (χ4v) is 3.45. The summed E-state index contributed by atoms with van der Waals surface area (Å²) in [6.07, 6.45) is 11.3. The van der Waals surface area contributed by atoms with Crippen molar-refractivity contribution in [3.05, 3.63) is 41.5 Å². The zero-order valence-electron chi connectivity index (χ0n) is 14.5. The van der Waals surface area contributed by atoms with Gasteiger partial charge in [-0.3, -0.25) is 14.4 Å². The van der Waals surface area contributed by atoms with Gasteiger partial charge in [-0.25, -0.2) is 0 Å². The van der Waals surface area contributed by atoms with Crippen LogP contribution in [0.5, 0.6) is 0 Å². The highest BCUT2D eigenvalue weighted by atomic mass is 16.4. The molecular weight excluding hydrogens is 316 g/mol. The fourth-order valence-electron chi connectivity index (χ4n) is 3.45. The summed E-state index contributed by atoms with van der Waals surface area (Å²) >= 11 is 0. The molecule has 4 heteroatoms. The van der Waals surface area contributed by atoms with Crippen molar-refractivity contribution in [3.63, 3.8) is 0 Å². The van der Waals surface area contributed by atoms with Gasteiger partial charge in [-0.15, -0.1) is 0 Å². The Hall–Kier alpha value is -2.23. The van der Waals surface area contributed by atoms with E-state index in [2.05, 4.69) is 6.08 Å². The Labute approximate surface area is 148 Å². The van der Waals surface area contributed by atoms with Crippen LogP contribution in [0.15, 0.2) is 30.3 Å². The van der Waals surface area contributed by atoms with E-state index in [0.717, 1.165) is 44.0 Å². The first-order valence-electron chi connectivity index (χ1n) is 9.08. The highest BCUT2D eigenvalue weighted by Crippen LogP contribution is 2.34. The van der Waals surface area contributed by atoms with Gasteiger partial charge >= 0.3 is 5.97 Å². The molecule has 0 aromatic heterocycles. The van der Waals surface area contributed by atoms with Crippen LogP contribution in [0.25, 0.3) is 6.08 Å². The van der Waals surface area contributed by atoms with Crippen LogP contribution in [0.3, 0.4) is 0 Å². The van der Waals surface area contributed by atoms with Gasteiger partial charge in [0.25, 0.3) is 0 Å². The third kappa shape index (κ3) is 6.29. The maximum atomic E-state index is 12.1. The lowest BCUT2D eigenvalue weighted by atomic mass is 9.89. The average molecular weight is 342 g/mol. The van der Waals surface area contributed by atoms with Gasteiger partial charge in [-0.05, 0) is 30.7 Å². The molecule has 134 valence electrons. The highest BCUT2D eigenvalue weighted by Gasteiger charge is 2.32. The molecule has 1 saturated carbocycles. The van der Waals surface area contributed by atoms with Crippen LogP contribution < -0.4 is 0 Å². The SMILES string of the molecule is O=Cc1ccc(C=CC2CCC(=O)C2CCCCCCC(=O)O)cc1. The van der Waals surface area contributed by atoms with E-state index in [9.17, 15) is 14.4 Å². The number of carboxylic acids is 1. The topological polar surface area (TPSA) is 71.4 Å². The molecule has 1 aliphatic rings. The largest absolute Gasteiger partial charge is 0.481 e. The van der Waals surface area contributed by atoms with E-state index in [1.807, 2.05) is 18.2 Å². The van der Waals surface area contributed by atoms with Gasteiger partial charge in [0.2, 0.25) is 0 Å². The molecular formula is C21H26O4. The third-order valence-electron chi connectivity index (χ3n) is 4.92.